The molecule has 0 aliphatic rings. The maximum absolute atomic E-state index is 12.2. The second kappa shape index (κ2) is 7.41. The van der Waals surface area contributed by atoms with Gasteiger partial charge in [-0.3, -0.25) is 14.9 Å². The minimum Gasteiger partial charge on any atom is -0.497 e. The molecule has 2 aromatic rings. The van der Waals surface area contributed by atoms with Crippen LogP contribution in [0.5, 0.6) is 11.5 Å². The number of carbonyl (C=O) groups excluding carboxylic acids is 1. The lowest BCUT2D eigenvalue weighted by atomic mass is 10.1. The lowest BCUT2D eigenvalue weighted by Gasteiger charge is -2.05. The molecule has 0 aliphatic carbocycles. The van der Waals surface area contributed by atoms with E-state index in [1.54, 1.807) is 57.6 Å². The third kappa shape index (κ3) is 3.98. The number of ether oxygens (including phenoxy) is 2. The van der Waals surface area contributed by atoms with Crippen LogP contribution in [0.4, 0.5) is 5.69 Å². The number of nitro benzene ring substituents is 1. The summed E-state index contributed by atoms with van der Waals surface area (Å²) < 4.78 is 10.3. The minimum atomic E-state index is -0.497. The summed E-state index contributed by atoms with van der Waals surface area (Å²) in [5.41, 5.74) is 1.43. The van der Waals surface area contributed by atoms with Crippen molar-refractivity contribution in [3.05, 3.63) is 69.3 Å². The molecule has 0 heterocycles. The normalized spacial score (nSPS) is 10.6. The first kappa shape index (κ1) is 17.2. The van der Waals surface area contributed by atoms with Crippen LogP contribution in [0.1, 0.15) is 21.5 Å². The van der Waals surface area contributed by atoms with Crippen LogP contribution in [0, 0.1) is 17.0 Å². The summed E-state index contributed by atoms with van der Waals surface area (Å²) in [7, 11) is 3.08. The highest BCUT2D eigenvalue weighted by Crippen LogP contribution is 2.24. The summed E-state index contributed by atoms with van der Waals surface area (Å²) >= 11 is 0. The number of aryl methyl sites for hydroxylation is 1. The minimum absolute atomic E-state index is 0.0719. The molecule has 0 aromatic heterocycles. The van der Waals surface area contributed by atoms with E-state index >= 15 is 0 Å². The van der Waals surface area contributed by atoms with E-state index in [9.17, 15) is 14.9 Å². The molecule has 24 heavy (non-hydrogen) atoms. The van der Waals surface area contributed by atoms with Crippen molar-refractivity contribution in [3.8, 4) is 11.5 Å². The van der Waals surface area contributed by atoms with Crippen molar-refractivity contribution in [3.63, 3.8) is 0 Å². The average molecular weight is 327 g/mol. The Kier molecular flexibility index (Phi) is 5.31. The number of allylic oxidation sites excluding steroid dienone is 1. The van der Waals surface area contributed by atoms with Crippen LogP contribution in [0.3, 0.4) is 0 Å². The van der Waals surface area contributed by atoms with E-state index in [-0.39, 0.29) is 17.0 Å². The molecule has 0 unspecified atom stereocenters. The predicted molar refractivity (Wildman–Crippen MR) is 90.7 cm³/mol. The Morgan fingerprint density at radius 1 is 1.08 bits per heavy atom. The van der Waals surface area contributed by atoms with Gasteiger partial charge in [0.05, 0.1) is 19.1 Å². The molecule has 0 radical (unpaired) electrons. The molecule has 2 rings (SSSR count). The van der Waals surface area contributed by atoms with Crippen molar-refractivity contribution < 1.29 is 19.2 Å². The molecule has 0 fully saturated rings. The van der Waals surface area contributed by atoms with E-state index in [1.807, 2.05) is 0 Å². The Morgan fingerprint density at radius 3 is 2.25 bits per heavy atom. The highest BCUT2D eigenvalue weighted by molar-refractivity contribution is 6.07. The van der Waals surface area contributed by atoms with Gasteiger partial charge in [-0.25, -0.2) is 0 Å². The largest absolute Gasteiger partial charge is 0.497 e. The van der Waals surface area contributed by atoms with Gasteiger partial charge in [-0.15, -0.1) is 0 Å². The van der Waals surface area contributed by atoms with E-state index in [0.29, 0.717) is 17.1 Å². The Hall–Kier alpha value is -3.15. The third-order valence-corrected chi connectivity index (χ3v) is 3.49. The number of nitrogens with zero attached hydrogens (tertiary/aromatic N) is 1. The van der Waals surface area contributed by atoms with E-state index in [0.717, 1.165) is 5.56 Å². The molecule has 0 spiro atoms. The summed E-state index contributed by atoms with van der Waals surface area (Å²) in [5.74, 6) is 0.889. The maximum atomic E-state index is 12.2. The van der Waals surface area contributed by atoms with Gasteiger partial charge in [0.1, 0.15) is 11.5 Å². The van der Waals surface area contributed by atoms with Gasteiger partial charge in [0.15, 0.2) is 5.78 Å². The summed E-state index contributed by atoms with van der Waals surface area (Å²) in [6.07, 6.45) is 2.97. The van der Waals surface area contributed by atoms with Crippen LogP contribution >= 0.6 is 0 Å². The van der Waals surface area contributed by atoms with Crippen LogP contribution in [0.15, 0.2) is 42.5 Å². The van der Waals surface area contributed by atoms with Gasteiger partial charge in [-0.2, -0.15) is 0 Å². The zero-order valence-corrected chi connectivity index (χ0v) is 13.6. The summed E-state index contributed by atoms with van der Waals surface area (Å²) in [4.78, 5) is 22.7. The third-order valence-electron chi connectivity index (χ3n) is 3.49. The van der Waals surface area contributed by atoms with Crippen molar-refractivity contribution in [2.75, 3.05) is 14.2 Å². The first-order chi connectivity index (χ1) is 11.4. The number of ketones is 1. The average Bonchev–Trinajstić information content (AvgIpc) is 2.59. The number of hydrogen-bond acceptors (Lipinski definition) is 5. The summed E-state index contributed by atoms with van der Waals surface area (Å²) in [6, 6.07) is 9.65. The first-order valence-corrected chi connectivity index (χ1v) is 7.15. The molecule has 0 bridgehead atoms. The Labute approximate surface area is 139 Å². The summed E-state index contributed by atoms with van der Waals surface area (Å²) in [5, 5.41) is 11.0. The van der Waals surface area contributed by atoms with Gasteiger partial charge >= 0.3 is 0 Å². The Morgan fingerprint density at radius 2 is 1.71 bits per heavy atom. The van der Waals surface area contributed by atoms with E-state index in [2.05, 4.69) is 0 Å². The van der Waals surface area contributed by atoms with E-state index < -0.39 is 4.92 Å². The number of rotatable bonds is 6. The standard InChI is InChI=1S/C18H17NO5/c1-12-4-6-14(10-17(12)19(21)22)18(20)7-5-13-8-15(23-2)11-16(9-13)24-3/h4-11H,1-3H3/b7-5+. The maximum Gasteiger partial charge on any atom is 0.273 e. The second-order valence-corrected chi connectivity index (χ2v) is 5.10. The highest BCUT2D eigenvalue weighted by atomic mass is 16.6. The number of carbonyl (C=O) groups is 1. The first-order valence-electron chi connectivity index (χ1n) is 7.15. The SMILES string of the molecule is COc1cc(/C=C/C(=O)c2ccc(C)c([N+](=O)[O-])c2)cc(OC)c1. The predicted octanol–water partition coefficient (Wildman–Crippen LogP) is 3.82. The van der Waals surface area contributed by atoms with Crippen molar-refractivity contribution in [2.24, 2.45) is 0 Å². The molecule has 0 amide bonds. The molecule has 6 heteroatoms. The number of nitro groups is 1. The molecule has 6 nitrogen and oxygen atoms in total. The van der Waals surface area contributed by atoms with Crippen LogP contribution in [-0.2, 0) is 0 Å². The van der Waals surface area contributed by atoms with Gasteiger partial charge in [0.25, 0.3) is 5.69 Å². The highest BCUT2D eigenvalue weighted by Gasteiger charge is 2.13. The molecule has 0 aliphatic heterocycles. The zero-order chi connectivity index (χ0) is 17.7. The van der Waals surface area contributed by atoms with Gasteiger partial charge in [-0.05, 0) is 30.7 Å². The van der Waals surface area contributed by atoms with Crippen LogP contribution in [0.25, 0.3) is 6.08 Å². The number of hydrogen-bond donors (Lipinski definition) is 0. The second-order valence-electron chi connectivity index (χ2n) is 5.10. The molecular weight excluding hydrogens is 310 g/mol. The smallest absolute Gasteiger partial charge is 0.273 e. The molecule has 2 aromatic carbocycles. The quantitative estimate of drug-likeness (QED) is 0.349. The van der Waals surface area contributed by atoms with Gasteiger partial charge < -0.3 is 9.47 Å². The van der Waals surface area contributed by atoms with E-state index in [1.165, 1.54) is 12.1 Å². The number of benzene rings is 2. The lowest BCUT2D eigenvalue weighted by molar-refractivity contribution is -0.385. The molecule has 124 valence electrons. The fourth-order valence-electron chi connectivity index (χ4n) is 2.15. The van der Waals surface area contributed by atoms with Gasteiger partial charge in [0, 0.05) is 23.3 Å². The van der Waals surface area contributed by atoms with Crippen molar-refractivity contribution in [1.29, 1.82) is 0 Å². The van der Waals surface area contributed by atoms with Gasteiger partial charge in [-0.1, -0.05) is 18.2 Å². The van der Waals surface area contributed by atoms with Crippen LogP contribution in [0.2, 0.25) is 0 Å². The van der Waals surface area contributed by atoms with Crippen molar-refractivity contribution in [2.45, 2.75) is 6.92 Å². The fraction of sp³-hybridized carbons (Fsp3) is 0.167. The topological polar surface area (TPSA) is 78.7 Å². The van der Waals surface area contributed by atoms with Gasteiger partial charge in [0.2, 0.25) is 0 Å². The molecule has 0 saturated heterocycles. The molecule has 0 atom stereocenters. The monoisotopic (exact) mass is 327 g/mol. The Balaban J connectivity index is 2.28. The van der Waals surface area contributed by atoms with Crippen molar-refractivity contribution >= 4 is 17.5 Å². The number of methoxy groups -OCH3 is 2. The van der Waals surface area contributed by atoms with Crippen LogP contribution in [-0.4, -0.2) is 24.9 Å². The van der Waals surface area contributed by atoms with Crippen molar-refractivity contribution in [1.82, 2.24) is 0 Å². The summed E-state index contributed by atoms with van der Waals surface area (Å²) in [6.45, 7) is 1.63. The Bertz CT molecular complexity index is 789. The van der Waals surface area contributed by atoms with E-state index in [4.69, 9.17) is 9.47 Å². The molecule has 0 saturated carbocycles. The fourth-order valence-corrected chi connectivity index (χ4v) is 2.15. The zero-order valence-electron chi connectivity index (χ0n) is 13.6. The molecule has 0 N–H and O–H groups in total. The molecular formula is C18H17NO5. The lowest BCUT2D eigenvalue weighted by Crippen LogP contribution is -1.98. The van der Waals surface area contributed by atoms with Crippen LogP contribution < -0.4 is 9.47 Å².